The van der Waals surface area contributed by atoms with Crippen molar-refractivity contribution < 1.29 is 13.9 Å². The zero-order valence-corrected chi connectivity index (χ0v) is 14.9. The average Bonchev–Trinajstić information content (AvgIpc) is 3.35. The molecule has 1 N–H and O–H groups in total. The van der Waals surface area contributed by atoms with E-state index in [0.29, 0.717) is 36.9 Å². The van der Waals surface area contributed by atoms with Crippen molar-refractivity contribution in [3.05, 3.63) is 51.6 Å². The molecule has 0 saturated carbocycles. The lowest BCUT2D eigenvalue weighted by molar-refractivity contribution is 0.0697. The van der Waals surface area contributed by atoms with E-state index in [4.69, 9.17) is 9.15 Å². The first-order valence-corrected chi connectivity index (χ1v) is 9.18. The van der Waals surface area contributed by atoms with E-state index >= 15 is 0 Å². The fourth-order valence-electron chi connectivity index (χ4n) is 3.87. The molecule has 138 valence electrons. The van der Waals surface area contributed by atoms with Crippen LogP contribution in [0.25, 0.3) is 0 Å². The fourth-order valence-corrected chi connectivity index (χ4v) is 3.87. The number of ether oxygens (including phenoxy) is 1. The maximum absolute atomic E-state index is 12.9. The number of rotatable bonds is 3. The molecule has 0 aliphatic carbocycles. The maximum atomic E-state index is 12.9. The number of nitrogens with one attached hydrogen (secondary N) is 1. The zero-order chi connectivity index (χ0) is 18.1. The molecule has 1 unspecified atom stereocenters. The molecule has 2 aliphatic heterocycles. The van der Waals surface area contributed by atoms with Crippen molar-refractivity contribution in [2.75, 3.05) is 19.7 Å². The monoisotopic (exact) mass is 357 g/mol. The van der Waals surface area contributed by atoms with Crippen LogP contribution in [0.1, 0.15) is 65.2 Å². The van der Waals surface area contributed by atoms with Crippen molar-refractivity contribution in [2.45, 2.75) is 44.6 Å². The smallest absolute Gasteiger partial charge is 0.349 e. The zero-order valence-electron chi connectivity index (χ0n) is 14.9. The predicted molar refractivity (Wildman–Crippen MR) is 94.1 cm³/mol. The number of aromatic nitrogens is 2. The van der Waals surface area contributed by atoms with Crippen LogP contribution >= 0.6 is 0 Å². The molecule has 0 radical (unpaired) electrons. The van der Waals surface area contributed by atoms with Crippen molar-refractivity contribution in [1.29, 1.82) is 0 Å². The largest absolute Gasteiger partial charge is 0.424 e. The Balaban J connectivity index is 1.49. The van der Waals surface area contributed by atoms with E-state index in [1.54, 1.807) is 24.1 Å². The normalized spacial score (nSPS) is 21.3. The van der Waals surface area contributed by atoms with Crippen LogP contribution in [-0.2, 0) is 4.74 Å². The first kappa shape index (κ1) is 17.0. The Morgan fingerprint density at radius 3 is 2.73 bits per heavy atom. The van der Waals surface area contributed by atoms with E-state index in [0.717, 1.165) is 31.5 Å². The minimum absolute atomic E-state index is 0.142. The summed E-state index contributed by atoms with van der Waals surface area (Å²) < 4.78 is 11.0. The van der Waals surface area contributed by atoms with E-state index in [1.165, 1.54) is 0 Å². The third-order valence-corrected chi connectivity index (χ3v) is 5.32. The lowest BCUT2D eigenvalue weighted by Gasteiger charge is -2.31. The second-order valence-corrected chi connectivity index (χ2v) is 7.04. The Kier molecular flexibility index (Phi) is 4.63. The second kappa shape index (κ2) is 7.07. The van der Waals surface area contributed by atoms with Gasteiger partial charge in [0.1, 0.15) is 23.3 Å². The third-order valence-electron chi connectivity index (χ3n) is 5.32. The molecule has 1 atom stereocenters. The van der Waals surface area contributed by atoms with E-state index in [1.807, 2.05) is 6.20 Å². The predicted octanol–water partition coefficient (Wildman–Crippen LogP) is 2.54. The third kappa shape index (κ3) is 3.19. The van der Waals surface area contributed by atoms with Gasteiger partial charge in [-0.2, -0.15) is 0 Å². The molecule has 0 bridgehead atoms. The Hall–Kier alpha value is -2.41. The van der Waals surface area contributed by atoms with Crippen molar-refractivity contribution in [2.24, 2.45) is 0 Å². The fraction of sp³-hybridized carbons (Fsp3) is 0.526. The van der Waals surface area contributed by atoms with Crippen LogP contribution < -0.4 is 5.63 Å². The summed E-state index contributed by atoms with van der Waals surface area (Å²) in [6, 6.07) is 1.78. The lowest BCUT2D eigenvalue weighted by atomic mass is 9.95. The van der Waals surface area contributed by atoms with Gasteiger partial charge in [0.2, 0.25) is 0 Å². The second-order valence-electron chi connectivity index (χ2n) is 7.04. The van der Waals surface area contributed by atoms with E-state index in [-0.39, 0.29) is 17.6 Å². The van der Waals surface area contributed by atoms with Gasteiger partial charge in [-0.15, -0.1) is 0 Å². The summed E-state index contributed by atoms with van der Waals surface area (Å²) in [5.41, 5.74) is 0.238. The number of likely N-dealkylation sites (tertiary alicyclic amines) is 1. The molecule has 4 rings (SSSR count). The number of imidazole rings is 1. The summed E-state index contributed by atoms with van der Waals surface area (Å²) in [4.78, 5) is 34.5. The Labute approximate surface area is 151 Å². The highest BCUT2D eigenvalue weighted by Crippen LogP contribution is 2.29. The SMILES string of the molecule is Cc1cc(C2CCCO2)oc(=O)c1C(=O)N1CCC(c2ncc[nH]2)CC1. The molecule has 0 aromatic carbocycles. The van der Waals surface area contributed by atoms with Gasteiger partial charge < -0.3 is 19.0 Å². The number of amides is 1. The number of piperidine rings is 1. The van der Waals surface area contributed by atoms with Crippen molar-refractivity contribution in [1.82, 2.24) is 14.9 Å². The molecular formula is C19H23N3O4. The van der Waals surface area contributed by atoms with Crippen LogP contribution in [0, 0.1) is 6.92 Å². The van der Waals surface area contributed by atoms with Crippen molar-refractivity contribution >= 4 is 5.91 Å². The number of carbonyl (C=O) groups excluding carboxylic acids is 1. The standard InChI is InChI=1S/C19H23N3O4/c1-12-11-15(14-3-2-10-25-14)26-19(24)16(12)18(23)22-8-4-13(5-9-22)17-20-6-7-21-17/h6-7,11,13-14H,2-5,8-10H2,1H3,(H,20,21). The molecule has 7 heteroatoms. The summed E-state index contributed by atoms with van der Waals surface area (Å²) >= 11 is 0. The molecule has 1 amide bonds. The van der Waals surface area contributed by atoms with Crippen LogP contribution in [0.4, 0.5) is 0 Å². The van der Waals surface area contributed by atoms with Gasteiger partial charge in [0.05, 0.1) is 0 Å². The summed E-state index contributed by atoms with van der Waals surface area (Å²) in [5, 5.41) is 0. The molecule has 2 aliphatic rings. The highest BCUT2D eigenvalue weighted by atomic mass is 16.5. The van der Waals surface area contributed by atoms with Gasteiger partial charge in [-0.05, 0) is 44.2 Å². The molecule has 7 nitrogen and oxygen atoms in total. The molecule has 2 fully saturated rings. The minimum Gasteiger partial charge on any atom is -0.424 e. The number of carbonyl (C=O) groups is 1. The lowest BCUT2D eigenvalue weighted by Crippen LogP contribution is -2.40. The van der Waals surface area contributed by atoms with Gasteiger partial charge in [-0.25, -0.2) is 9.78 Å². The topological polar surface area (TPSA) is 88.4 Å². The van der Waals surface area contributed by atoms with Crippen molar-refractivity contribution in [3.8, 4) is 0 Å². The van der Waals surface area contributed by atoms with Crippen LogP contribution in [0.2, 0.25) is 0 Å². The van der Waals surface area contributed by atoms with Crippen molar-refractivity contribution in [3.63, 3.8) is 0 Å². The number of aryl methyl sites for hydroxylation is 1. The number of hydrogen-bond donors (Lipinski definition) is 1. The molecule has 2 saturated heterocycles. The van der Waals surface area contributed by atoms with Crippen LogP contribution in [-0.4, -0.2) is 40.5 Å². The number of nitrogens with zero attached hydrogens (tertiary/aromatic N) is 2. The number of hydrogen-bond acceptors (Lipinski definition) is 5. The summed E-state index contributed by atoms with van der Waals surface area (Å²) in [6.45, 7) is 3.68. The van der Waals surface area contributed by atoms with E-state index in [2.05, 4.69) is 9.97 Å². The molecule has 2 aromatic rings. The van der Waals surface area contributed by atoms with Gasteiger partial charge in [0, 0.05) is 38.0 Å². The molecule has 4 heterocycles. The van der Waals surface area contributed by atoms with Gasteiger partial charge in [-0.1, -0.05) is 0 Å². The average molecular weight is 357 g/mol. The Morgan fingerprint density at radius 1 is 1.31 bits per heavy atom. The van der Waals surface area contributed by atoms with Crippen LogP contribution in [0.5, 0.6) is 0 Å². The van der Waals surface area contributed by atoms with Gasteiger partial charge in [0.15, 0.2) is 0 Å². The van der Waals surface area contributed by atoms with Gasteiger partial charge in [0.25, 0.3) is 5.91 Å². The maximum Gasteiger partial charge on any atom is 0.349 e. The Morgan fingerprint density at radius 2 is 2.12 bits per heavy atom. The number of H-pyrrole nitrogens is 1. The van der Waals surface area contributed by atoms with E-state index < -0.39 is 5.63 Å². The molecule has 0 spiro atoms. The summed E-state index contributed by atoms with van der Waals surface area (Å²) in [5.74, 6) is 1.58. The highest BCUT2D eigenvalue weighted by molar-refractivity contribution is 5.95. The highest BCUT2D eigenvalue weighted by Gasteiger charge is 2.29. The van der Waals surface area contributed by atoms with Crippen LogP contribution in [0.3, 0.4) is 0 Å². The quantitative estimate of drug-likeness (QED) is 0.912. The summed E-state index contributed by atoms with van der Waals surface area (Å²) in [7, 11) is 0. The molecule has 26 heavy (non-hydrogen) atoms. The number of aromatic amines is 1. The first-order chi connectivity index (χ1) is 12.6. The first-order valence-electron chi connectivity index (χ1n) is 9.18. The minimum atomic E-state index is -0.561. The molecule has 2 aromatic heterocycles. The van der Waals surface area contributed by atoms with Gasteiger partial charge in [-0.3, -0.25) is 4.79 Å². The summed E-state index contributed by atoms with van der Waals surface area (Å²) in [6.07, 6.45) is 6.85. The van der Waals surface area contributed by atoms with E-state index in [9.17, 15) is 9.59 Å². The van der Waals surface area contributed by atoms with Gasteiger partial charge >= 0.3 is 5.63 Å². The molecular weight excluding hydrogens is 334 g/mol. The Bertz CT molecular complexity index is 829. The van der Waals surface area contributed by atoms with Crippen LogP contribution in [0.15, 0.2) is 27.7 Å².